The van der Waals surface area contributed by atoms with Gasteiger partial charge in [-0.05, 0) is 35.9 Å². The first-order chi connectivity index (χ1) is 13.4. The number of methoxy groups -OCH3 is 1. The number of anilines is 2. The number of benzene rings is 2. The number of aromatic nitrogens is 2. The van der Waals surface area contributed by atoms with E-state index in [1.807, 2.05) is 24.3 Å². The molecule has 0 aliphatic carbocycles. The van der Waals surface area contributed by atoms with Crippen molar-refractivity contribution in [2.45, 2.75) is 6.42 Å². The van der Waals surface area contributed by atoms with Crippen LogP contribution >= 0.6 is 11.6 Å². The molecule has 5 N–H and O–H groups in total. The smallest absolute Gasteiger partial charge is 0.324 e. The van der Waals surface area contributed by atoms with Crippen molar-refractivity contribution in [2.24, 2.45) is 5.73 Å². The number of rotatable bonds is 6. The summed E-state index contributed by atoms with van der Waals surface area (Å²) in [6, 6.07) is 13.5. The molecule has 0 bridgehead atoms. The van der Waals surface area contributed by atoms with Crippen LogP contribution in [0.5, 0.6) is 5.75 Å². The SMILES string of the molecule is COc1ccc(Cc2nc(NC(=O)Nc3cccc(Cl)c3)c(C(N)=O)[nH]2)cc1. The van der Waals surface area contributed by atoms with E-state index >= 15 is 0 Å². The van der Waals surface area contributed by atoms with Gasteiger partial charge in [0.2, 0.25) is 0 Å². The largest absolute Gasteiger partial charge is 0.497 e. The lowest BCUT2D eigenvalue weighted by Crippen LogP contribution is -2.22. The van der Waals surface area contributed by atoms with Gasteiger partial charge in [-0.2, -0.15) is 0 Å². The third-order valence-corrected chi connectivity index (χ3v) is 4.08. The number of nitrogens with one attached hydrogen (secondary N) is 3. The summed E-state index contributed by atoms with van der Waals surface area (Å²) in [6.07, 6.45) is 0.419. The van der Waals surface area contributed by atoms with Crippen LogP contribution in [0.15, 0.2) is 48.5 Å². The van der Waals surface area contributed by atoms with E-state index in [9.17, 15) is 9.59 Å². The molecule has 9 heteroatoms. The number of urea groups is 1. The van der Waals surface area contributed by atoms with E-state index in [1.165, 1.54) is 0 Å². The molecular formula is C19H18ClN5O3. The Kier molecular flexibility index (Phi) is 5.81. The molecule has 3 aromatic rings. The number of halogens is 1. The molecule has 144 valence electrons. The molecule has 2 aromatic carbocycles. The van der Waals surface area contributed by atoms with Gasteiger partial charge in [0.05, 0.1) is 7.11 Å². The molecule has 0 aliphatic rings. The van der Waals surface area contributed by atoms with Crippen LogP contribution in [0, 0.1) is 0 Å². The number of nitrogens with two attached hydrogens (primary N) is 1. The van der Waals surface area contributed by atoms with E-state index in [0.29, 0.717) is 23.0 Å². The summed E-state index contributed by atoms with van der Waals surface area (Å²) in [4.78, 5) is 31.1. The summed E-state index contributed by atoms with van der Waals surface area (Å²) in [5.74, 6) is 0.542. The zero-order chi connectivity index (χ0) is 20.1. The van der Waals surface area contributed by atoms with Crippen LogP contribution in [0.3, 0.4) is 0 Å². The summed E-state index contributed by atoms with van der Waals surface area (Å²) < 4.78 is 5.13. The highest BCUT2D eigenvalue weighted by atomic mass is 35.5. The van der Waals surface area contributed by atoms with Crippen molar-refractivity contribution < 1.29 is 14.3 Å². The fourth-order valence-electron chi connectivity index (χ4n) is 2.55. The van der Waals surface area contributed by atoms with E-state index in [2.05, 4.69) is 20.6 Å². The number of carbonyl (C=O) groups is 2. The molecule has 1 aromatic heterocycles. The molecule has 1 heterocycles. The first-order valence-electron chi connectivity index (χ1n) is 8.30. The molecule has 0 radical (unpaired) electrons. The molecule has 0 aliphatic heterocycles. The Balaban J connectivity index is 1.74. The zero-order valence-electron chi connectivity index (χ0n) is 15.0. The van der Waals surface area contributed by atoms with Crippen molar-refractivity contribution in [2.75, 3.05) is 17.7 Å². The minimum absolute atomic E-state index is 0.0183. The van der Waals surface area contributed by atoms with Gasteiger partial charge in [-0.15, -0.1) is 0 Å². The summed E-state index contributed by atoms with van der Waals surface area (Å²) in [6.45, 7) is 0. The van der Waals surface area contributed by atoms with Gasteiger partial charge in [-0.1, -0.05) is 29.8 Å². The Morgan fingerprint density at radius 2 is 1.93 bits per heavy atom. The molecule has 0 atom stereocenters. The minimum Gasteiger partial charge on any atom is -0.497 e. The first kappa shape index (κ1) is 19.2. The highest BCUT2D eigenvalue weighted by molar-refractivity contribution is 6.30. The predicted molar refractivity (Wildman–Crippen MR) is 107 cm³/mol. The van der Waals surface area contributed by atoms with Crippen LogP contribution in [-0.4, -0.2) is 29.0 Å². The second-order valence-electron chi connectivity index (χ2n) is 5.89. The molecule has 8 nitrogen and oxygen atoms in total. The summed E-state index contributed by atoms with van der Waals surface area (Å²) in [5.41, 5.74) is 6.85. The molecule has 0 spiro atoms. The number of amides is 3. The van der Waals surface area contributed by atoms with Crippen LogP contribution in [0.25, 0.3) is 0 Å². The maximum Gasteiger partial charge on any atom is 0.324 e. The Bertz CT molecular complexity index is 1000. The van der Waals surface area contributed by atoms with Crippen molar-refractivity contribution >= 4 is 35.0 Å². The maximum absolute atomic E-state index is 12.2. The standard InChI is InChI=1S/C19H18ClN5O3/c1-28-14-7-5-11(6-8-14)9-15-23-16(17(21)26)18(24-15)25-19(27)22-13-4-2-3-12(20)10-13/h2-8,10H,9H2,1H3,(H2,21,26)(H,23,24)(H2,22,25,27). The molecule has 0 fully saturated rings. The molecule has 3 amide bonds. The van der Waals surface area contributed by atoms with E-state index in [1.54, 1.807) is 31.4 Å². The van der Waals surface area contributed by atoms with Crippen LogP contribution in [0.4, 0.5) is 16.3 Å². The average Bonchev–Trinajstić information content (AvgIpc) is 3.04. The molecule has 3 rings (SSSR count). The molecule has 0 saturated carbocycles. The average molecular weight is 400 g/mol. The Morgan fingerprint density at radius 1 is 1.18 bits per heavy atom. The number of ether oxygens (including phenoxy) is 1. The number of H-pyrrole nitrogens is 1. The van der Waals surface area contributed by atoms with Crippen molar-refractivity contribution in [3.05, 3.63) is 70.6 Å². The number of imidazole rings is 1. The van der Waals surface area contributed by atoms with Gasteiger partial charge in [0, 0.05) is 17.1 Å². The Hall–Kier alpha value is -3.52. The summed E-state index contributed by atoms with van der Waals surface area (Å²) in [7, 11) is 1.59. The Labute approximate surface area is 166 Å². The van der Waals surface area contributed by atoms with Crippen LogP contribution in [0.2, 0.25) is 5.02 Å². The second kappa shape index (κ2) is 8.45. The van der Waals surface area contributed by atoms with E-state index < -0.39 is 11.9 Å². The van der Waals surface area contributed by atoms with Gasteiger partial charge in [0.15, 0.2) is 5.82 Å². The number of nitrogens with zero attached hydrogens (tertiary/aromatic N) is 1. The third kappa shape index (κ3) is 4.80. The number of carbonyl (C=O) groups excluding carboxylic acids is 2. The van der Waals surface area contributed by atoms with E-state index in [-0.39, 0.29) is 11.5 Å². The molecule has 28 heavy (non-hydrogen) atoms. The fourth-order valence-corrected chi connectivity index (χ4v) is 2.74. The van der Waals surface area contributed by atoms with Crippen LogP contribution in [-0.2, 0) is 6.42 Å². The second-order valence-corrected chi connectivity index (χ2v) is 6.32. The van der Waals surface area contributed by atoms with Crippen LogP contribution < -0.4 is 21.1 Å². The number of hydrogen-bond donors (Lipinski definition) is 4. The molecular weight excluding hydrogens is 382 g/mol. The lowest BCUT2D eigenvalue weighted by Gasteiger charge is -2.06. The topological polar surface area (TPSA) is 122 Å². The van der Waals surface area contributed by atoms with Crippen molar-refractivity contribution in [3.8, 4) is 5.75 Å². The predicted octanol–water partition coefficient (Wildman–Crippen LogP) is 3.41. The zero-order valence-corrected chi connectivity index (χ0v) is 15.7. The first-order valence-corrected chi connectivity index (χ1v) is 8.67. The molecule has 0 unspecified atom stereocenters. The number of hydrogen-bond acceptors (Lipinski definition) is 4. The fraction of sp³-hybridized carbons (Fsp3) is 0.105. The lowest BCUT2D eigenvalue weighted by atomic mass is 10.1. The Morgan fingerprint density at radius 3 is 2.57 bits per heavy atom. The van der Waals surface area contributed by atoms with Crippen molar-refractivity contribution in [3.63, 3.8) is 0 Å². The number of aromatic amines is 1. The van der Waals surface area contributed by atoms with E-state index in [4.69, 9.17) is 22.1 Å². The highest BCUT2D eigenvalue weighted by Gasteiger charge is 2.17. The number of primary amides is 1. The minimum atomic E-state index is -0.730. The van der Waals surface area contributed by atoms with Gasteiger partial charge >= 0.3 is 6.03 Å². The normalized spacial score (nSPS) is 10.4. The van der Waals surface area contributed by atoms with Gasteiger partial charge in [0.25, 0.3) is 5.91 Å². The monoisotopic (exact) mass is 399 g/mol. The summed E-state index contributed by atoms with van der Waals surface area (Å²) in [5, 5.41) is 5.63. The highest BCUT2D eigenvalue weighted by Crippen LogP contribution is 2.19. The summed E-state index contributed by atoms with van der Waals surface area (Å²) >= 11 is 5.90. The lowest BCUT2D eigenvalue weighted by molar-refractivity contribution is 0.0997. The maximum atomic E-state index is 12.2. The van der Waals surface area contributed by atoms with Gasteiger partial charge in [-0.3, -0.25) is 10.1 Å². The molecule has 0 saturated heterocycles. The van der Waals surface area contributed by atoms with Gasteiger partial charge < -0.3 is 20.8 Å². The van der Waals surface area contributed by atoms with Crippen molar-refractivity contribution in [1.29, 1.82) is 0 Å². The van der Waals surface area contributed by atoms with Crippen molar-refractivity contribution in [1.82, 2.24) is 9.97 Å². The third-order valence-electron chi connectivity index (χ3n) is 3.84. The quantitative estimate of drug-likeness (QED) is 0.507. The van der Waals surface area contributed by atoms with Crippen LogP contribution in [0.1, 0.15) is 21.9 Å². The van der Waals surface area contributed by atoms with E-state index in [0.717, 1.165) is 11.3 Å². The van der Waals surface area contributed by atoms with Gasteiger partial charge in [0.1, 0.15) is 17.3 Å². The van der Waals surface area contributed by atoms with Gasteiger partial charge in [-0.25, -0.2) is 9.78 Å².